The lowest BCUT2D eigenvalue weighted by Crippen LogP contribution is -2.14. The third kappa shape index (κ3) is 15.2. The van der Waals surface area contributed by atoms with Crippen LogP contribution in [0.4, 0.5) is 0 Å². The quantitative estimate of drug-likeness (QED) is 0.280. The summed E-state index contributed by atoms with van der Waals surface area (Å²) in [6, 6.07) is 0. The summed E-state index contributed by atoms with van der Waals surface area (Å²) in [4.78, 5) is 11.2. The zero-order chi connectivity index (χ0) is 15.8. The van der Waals surface area contributed by atoms with Crippen LogP contribution in [0.1, 0.15) is 85.0 Å². The molecule has 21 heavy (non-hydrogen) atoms. The second kappa shape index (κ2) is 15.4. The number of unbranched alkanes of at least 4 members (excludes halogenated alkanes) is 9. The first kappa shape index (κ1) is 20.0. The summed E-state index contributed by atoms with van der Waals surface area (Å²) in [5.41, 5.74) is 0.893. The van der Waals surface area contributed by atoms with Gasteiger partial charge in [-0.25, -0.2) is 4.79 Å². The van der Waals surface area contributed by atoms with Crippen LogP contribution in [0.5, 0.6) is 0 Å². The standard InChI is InChI=1S/C18H35NO2/c1-4-6-7-8-9-10-11-12-13-14-15-19-17(3)16-18(20)21-5-2/h16,19H,4-15H2,1-3H3/b17-16-. The van der Waals surface area contributed by atoms with Gasteiger partial charge in [0.15, 0.2) is 0 Å². The molecule has 0 aromatic carbocycles. The molecule has 0 radical (unpaired) electrons. The van der Waals surface area contributed by atoms with Gasteiger partial charge in [-0.2, -0.15) is 0 Å². The van der Waals surface area contributed by atoms with Crippen molar-refractivity contribution in [3.05, 3.63) is 11.8 Å². The Kier molecular flexibility index (Phi) is 14.7. The van der Waals surface area contributed by atoms with Crippen molar-refractivity contribution in [2.24, 2.45) is 0 Å². The molecule has 0 rings (SSSR count). The number of carbonyl (C=O) groups is 1. The van der Waals surface area contributed by atoms with Crippen molar-refractivity contribution < 1.29 is 9.53 Å². The lowest BCUT2D eigenvalue weighted by atomic mass is 10.1. The summed E-state index contributed by atoms with van der Waals surface area (Å²) in [6.45, 7) is 7.36. The fourth-order valence-electron chi connectivity index (χ4n) is 2.31. The van der Waals surface area contributed by atoms with Crippen LogP contribution in [0.2, 0.25) is 0 Å². The van der Waals surface area contributed by atoms with E-state index in [0.717, 1.165) is 12.2 Å². The van der Waals surface area contributed by atoms with Gasteiger partial charge in [-0.3, -0.25) is 0 Å². The van der Waals surface area contributed by atoms with Crippen molar-refractivity contribution in [1.82, 2.24) is 5.32 Å². The van der Waals surface area contributed by atoms with Gasteiger partial charge < -0.3 is 10.1 Å². The number of ether oxygens (including phenoxy) is 1. The minimum absolute atomic E-state index is 0.259. The highest BCUT2D eigenvalue weighted by atomic mass is 16.5. The Balaban J connectivity index is 3.30. The second-order valence-electron chi connectivity index (χ2n) is 5.69. The van der Waals surface area contributed by atoms with Crippen LogP contribution < -0.4 is 5.32 Å². The van der Waals surface area contributed by atoms with E-state index in [0.29, 0.717) is 6.61 Å². The van der Waals surface area contributed by atoms with Crippen molar-refractivity contribution in [3.63, 3.8) is 0 Å². The first-order valence-electron chi connectivity index (χ1n) is 8.79. The van der Waals surface area contributed by atoms with Gasteiger partial charge in [0.1, 0.15) is 0 Å². The normalized spacial score (nSPS) is 11.5. The Hall–Kier alpha value is -0.990. The summed E-state index contributed by atoms with van der Waals surface area (Å²) in [7, 11) is 0. The van der Waals surface area contributed by atoms with Crippen LogP contribution in [0, 0.1) is 0 Å². The van der Waals surface area contributed by atoms with Gasteiger partial charge in [0, 0.05) is 18.3 Å². The van der Waals surface area contributed by atoms with Gasteiger partial charge in [0.2, 0.25) is 0 Å². The SMILES string of the molecule is CCCCCCCCCCCCN/C(C)=C\C(=O)OCC. The number of allylic oxidation sites excluding steroid dienone is 1. The van der Waals surface area contributed by atoms with Crippen molar-refractivity contribution >= 4 is 5.97 Å². The van der Waals surface area contributed by atoms with Crippen molar-refractivity contribution in [3.8, 4) is 0 Å². The lowest BCUT2D eigenvalue weighted by Gasteiger charge is -2.06. The molecular weight excluding hydrogens is 262 g/mol. The smallest absolute Gasteiger partial charge is 0.332 e. The van der Waals surface area contributed by atoms with E-state index in [1.807, 2.05) is 13.8 Å². The summed E-state index contributed by atoms with van der Waals surface area (Å²) < 4.78 is 4.86. The van der Waals surface area contributed by atoms with Gasteiger partial charge in [-0.1, -0.05) is 64.7 Å². The van der Waals surface area contributed by atoms with E-state index >= 15 is 0 Å². The topological polar surface area (TPSA) is 38.3 Å². The van der Waals surface area contributed by atoms with Crippen LogP contribution >= 0.6 is 0 Å². The maximum absolute atomic E-state index is 11.2. The third-order valence-electron chi connectivity index (χ3n) is 3.56. The monoisotopic (exact) mass is 297 g/mol. The van der Waals surface area contributed by atoms with E-state index in [1.165, 1.54) is 70.3 Å². The molecule has 0 aromatic rings. The molecule has 0 saturated carbocycles. The molecule has 0 amide bonds. The first-order valence-corrected chi connectivity index (χ1v) is 8.79. The van der Waals surface area contributed by atoms with E-state index < -0.39 is 0 Å². The Bertz CT molecular complexity index is 274. The molecule has 0 aromatic heterocycles. The van der Waals surface area contributed by atoms with E-state index in [9.17, 15) is 4.79 Å². The van der Waals surface area contributed by atoms with Crippen LogP contribution in [-0.4, -0.2) is 19.1 Å². The predicted octanol–water partition coefficient (Wildman–Crippen LogP) is 4.96. The van der Waals surface area contributed by atoms with Crippen LogP contribution in [0.15, 0.2) is 11.8 Å². The van der Waals surface area contributed by atoms with E-state index in [-0.39, 0.29) is 5.97 Å². The molecule has 0 spiro atoms. The predicted molar refractivity (Wildman–Crippen MR) is 90.2 cm³/mol. The summed E-state index contributed by atoms with van der Waals surface area (Å²) >= 11 is 0. The fraction of sp³-hybridized carbons (Fsp3) is 0.833. The Labute approximate surface area is 131 Å². The largest absolute Gasteiger partial charge is 0.463 e. The zero-order valence-electron chi connectivity index (χ0n) is 14.4. The minimum atomic E-state index is -0.259. The van der Waals surface area contributed by atoms with Gasteiger partial charge >= 0.3 is 5.97 Å². The molecular formula is C18H35NO2. The molecule has 1 N–H and O–H groups in total. The van der Waals surface area contributed by atoms with Gasteiger partial charge in [-0.05, 0) is 20.3 Å². The van der Waals surface area contributed by atoms with Crippen LogP contribution in [-0.2, 0) is 9.53 Å². The van der Waals surface area contributed by atoms with Crippen molar-refractivity contribution in [2.75, 3.05) is 13.2 Å². The molecule has 0 aliphatic rings. The molecule has 0 fully saturated rings. The number of hydrogen-bond donors (Lipinski definition) is 1. The summed E-state index contributed by atoms with van der Waals surface area (Å²) in [6.07, 6.45) is 15.0. The second-order valence-corrected chi connectivity index (χ2v) is 5.69. The first-order chi connectivity index (χ1) is 10.2. The molecule has 124 valence electrons. The Morgan fingerprint density at radius 3 is 1.95 bits per heavy atom. The highest BCUT2D eigenvalue weighted by molar-refractivity contribution is 5.82. The van der Waals surface area contributed by atoms with Crippen molar-refractivity contribution in [1.29, 1.82) is 0 Å². The highest BCUT2D eigenvalue weighted by Crippen LogP contribution is 2.10. The number of esters is 1. The lowest BCUT2D eigenvalue weighted by molar-refractivity contribution is -0.137. The van der Waals surface area contributed by atoms with Crippen LogP contribution in [0.25, 0.3) is 0 Å². The minimum Gasteiger partial charge on any atom is -0.463 e. The van der Waals surface area contributed by atoms with E-state index in [4.69, 9.17) is 4.74 Å². The molecule has 3 nitrogen and oxygen atoms in total. The van der Waals surface area contributed by atoms with Gasteiger partial charge in [0.25, 0.3) is 0 Å². The zero-order valence-corrected chi connectivity index (χ0v) is 14.4. The molecule has 0 unspecified atom stereocenters. The Morgan fingerprint density at radius 1 is 0.905 bits per heavy atom. The average molecular weight is 297 g/mol. The number of carbonyl (C=O) groups excluding carboxylic acids is 1. The number of hydrogen-bond acceptors (Lipinski definition) is 3. The van der Waals surface area contributed by atoms with E-state index in [1.54, 1.807) is 0 Å². The van der Waals surface area contributed by atoms with Gasteiger partial charge in [-0.15, -0.1) is 0 Å². The molecule has 0 bridgehead atoms. The third-order valence-corrected chi connectivity index (χ3v) is 3.56. The molecule has 0 saturated heterocycles. The summed E-state index contributed by atoms with van der Waals surface area (Å²) in [5.74, 6) is -0.259. The van der Waals surface area contributed by atoms with Gasteiger partial charge in [0.05, 0.1) is 6.61 Å². The maximum atomic E-state index is 11.2. The molecule has 3 heteroatoms. The van der Waals surface area contributed by atoms with E-state index in [2.05, 4.69) is 12.2 Å². The molecule has 0 aliphatic heterocycles. The highest BCUT2D eigenvalue weighted by Gasteiger charge is 1.97. The molecule has 0 aliphatic carbocycles. The average Bonchev–Trinajstić information content (AvgIpc) is 2.45. The number of nitrogens with one attached hydrogen (secondary N) is 1. The van der Waals surface area contributed by atoms with Crippen molar-refractivity contribution in [2.45, 2.75) is 85.0 Å². The summed E-state index contributed by atoms with van der Waals surface area (Å²) in [5, 5.41) is 3.26. The maximum Gasteiger partial charge on any atom is 0.332 e. The molecule has 0 atom stereocenters. The molecule has 0 heterocycles. The van der Waals surface area contributed by atoms with Crippen LogP contribution in [0.3, 0.4) is 0 Å². The Morgan fingerprint density at radius 2 is 1.43 bits per heavy atom. The number of rotatable bonds is 14. The fourth-order valence-corrected chi connectivity index (χ4v) is 2.31.